The SMILES string of the molecule is O=C(Nc1ccccc1N1CCCCC1)C1=NCC(=O)N(c2ccccc2)N1. The van der Waals surface area contributed by atoms with Crippen molar-refractivity contribution in [1.82, 2.24) is 5.43 Å². The van der Waals surface area contributed by atoms with Crippen LogP contribution >= 0.6 is 0 Å². The fourth-order valence-electron chi connectivity index (χ4n) is 3.50. The number of hydrazine groups is 1. The summed E-state index contributed by atoms with van der Waals surface area (Å²) in [6.07, 6.45) is 3.56. The number of anilines is 3. The Balaban J connectivity index is 1.50. The predicted molar refractivity (Wildman–Crippen MR) is 111 cm³/mol. The summed E-state index contributed by atoms with van der Waals surface area (Å²) in [6, 6.07) is 17.0. The van der Waals surface area contributed by atoms with Crippen LogP contribution in [0.25, 0.3) is 0 Å². The molecule has 0 bridgehead atoms. The van der Waals surface area contributed by atoms with Gasteiger partial charge in [0.15, 0.2) is 0 Å². The van der Waals surface area contributed by atoms with Gasteiger partial charge >= 0.3 is 0 Å². The second-order valence-electron chi connectivity index (χ2n) is 6.86. The van der Waals surface area contributed by atoms with Gasteiger partial charge < -0.3 is 10.2 Å². The zero-order valence-corrected chi connectivity index (χ0v) is 15.6. The van der Waals surface area contributed by atoms with E-state index in [0.717, 1.165) is 37.3 Å². The van der Waals surface area contributed by atoms with E-state index in [0.29, 0.717) is 5.69 Å². The molecule has 0 unspecified atom stereocenters. The number of carbonyl (C=O) groups is 2. The van der Waals surface area contributed by atoms with E-state index >= 15 is 0 Å². The van der Waals surface area contributed by atoms with Gasteiger partial charge in [-0.1, -0.05) is 30.3 Å². The van der Waals surface area contributed by atoms with Crippen molar-refractivity contribution in [3.63, 3.8) is 0 Å². The van der Waals surface area contributed by atoms with Crippen molar-refractivity contribution in [3.8, 4) is 0 Å². The first kappa shape index (κ1) is 18.0. The van der Waals surface area contributed by atoms with Crippen molar-refractivity contribution in [3.05, 3.63) is 54.6 Å². The van der Waals surface area contributed by atoms with Gasteiger partial charge in [-0.2, -0.15) is 0 Å². The van der Waals surface area contributed by atoms with Crippen LogP contribution in [0.4, 0.5) is 17.1 Å². The standard InChI is InChI=1S/C21H23N5O2/c27-19-15-22-20(24-26(19)16-9-3-1-4-10-16)21(28)23-17-11-5-6-12-18(17)25-13-7-2-8-14-25/h1,3-6,9-12H,2,7-8,13-15H2,(H,22,24)(H,23,28). The molecule has 28 heavy (non-hydrogen) atoms. The average Bonchev–Trinajstić information content (AvgIpc) is 2.75. The number of para-hydroxylation sites is 3. The molecule has 144 valence electrons. The molecule has 7 nitrogen and oxygen atoms in total. The lowest BCUT2D eigenvalue weighted by Gasteiger charge is -2.31. The molecule has 7 heteroatoms. The molecule has 2 aromatic carbocycles. The number of hydrogen-bond acceptors (Lipinski definition) is 5. The summed E-state index contributed by atoms with van der Waals surface area (Å²) in [6.45, 7) is 1.91. The van der Waals surface area contributed by atoms with Crippen molar-refractivity contribution in [2.75, 3.05) is 34.9 Å². The normalized spacial score (nSPS) is 17.0. The van der Waals surface area contributed by atoms with E-state index < -0.39 is 0 Å². The van der Waals surface area contributed by atoms with Gasteiger partial charge in [0.1, 0.15) is 6.54 Å². The Morgan fingerprint density at radius 2 is 1.68 bits per heavy atom. The Morgan fingerprint density at radius 1 is 0.964 bits per heavy atom. The van der Waals surface area contributed by atoms with E-state index in [-0.39, 0.29) is 24.2 Å². The molecule has 0 atom stereocenters. The topological polar surface area (TPSA) is 77.0 Å². The van der Waals surface area contributed by atoms with E-state index in [1.54, 1.807) is 12.1 Å². The van der Waals surface area contributed by atoms with Crippen LogP contribution in [-0.4, -0.2) is 37.3 Å². The molecular weight excluding hydrogens is 354 g/mol. The molecule has 0 aliphatic carbocycles. The molecule has 0 spiro atoms. The van der Waals surface area contributed by atoms with Crippen LogP contribution in [0.2, 0.25) is 0 Å². The number of benzene rings is 2. The number of aliphatic imine (C=N–C) groups is 1. The number of rotatable bonds is 4. The second kappa shape index (κ2) is 8.12. The van der Waals surface area contributed by atoms with Gasteiger partial charge in [0.05, 0.1) is 17.1 Å². The van der Waals surface area contributed by atoms with Gasteiger partial charge in [-0.25, -0.2) is 5.01 Å². The average molecular weight is 377 g/mol. The number of amides is 2. The summed E-state index contributed by atoms with van der Waals surface area (Å²) in [4.78, 5) is 31.4. The summed E-state index contributed by atoms with van der Waals surface area (Å²) in [7, 11) is 0. The van der Waals surface area contributed by atoms with Gasteiger partial charge in [-0.3, -0.25) is 20.0 Å². The highest BCUT2D eigenvalue weighted by molar-refractivity contribution is 6.43. The van der Waals surface area contributed by atoms with E-state index in [1.807, 2.05) is 42.5 Å². The lowest BCUT2D eigenvalue weighted by Crippen LogP contribution is -2.54. The van der Waals surface area contributed by atoms with Gasteiger partial charge in [0, 0.05) is 13.1 Å². The molecule has 2 aromatic rings. The Labute approximate surface area is 164 Å². The highest BCUT2D eigenvalue weighted by Gasteiger charge is 2.26. The first-order valence-electron chi connectivity index (χ1n) is 9.57. The van der Waals surface area contributed by atoms with Gasteiger partial charge in [-0.05, 0) is 43.5 Å². The number of carbonyl (C=O) groups excluding carboxylic acids is 2. The molecule has 0 radical (unpaired) electrons. The molecule has 0 saturated carbocycles. The lowest BCUT2D eigenvalue weighted by molar-refractivity contribution is -0.118. The smallest absolute Gasteiger partial charge is 0.292 e. The fourth-order valence-corrected chi connectivity index (χ4v) is 3.50. The van der Waals surface area contributed by atoms with Crippen LogP contribution in [0, 0.1) is 0 Å². The minimum Gasteiger partial charge on any atom is -0.370 e. The Hall–Kier alpha value is -3.35. The summed E-state index contributed by atoms with van der Waals surface area (Å²) in [5, 5.41) is 4.31. The fraction of sp³-hybridized carbons (Fsp3) is 0.286. The predicted octanol–water partition coefficient (Wildman–Crippen LogP) is 2.57. The number of nitrogens with one attached hydrogen (secondary N) is 2. The molecule has 1 fully saturated rings. The lowest BCUT2D eigenvalue weighted by atomic mass is 10.1. The summed E-state index contributed by atoms with van der Waals surface area (Å²) < 4.78 is 0. The van der Waals surface area contributed by atoms with Crippen molar-refractivity contribution in [2.45, 2.75) is 19.3 Å². The Morgan fingerprint density at radius 3 is 2.46 bits per heavy atom. The quantitative estimate of drug-likeness (QED) is 0.859. The first-order valence-corrected chi connectivity index (χ1v) is 9.57. The second-order valence-corrected chi connectivity index (χ2v) is 6.86. The van der Waals surface area contributed by atoms with Crippen molar-refractivity contribution >= 4 is 34.7 Å². The Kier molecular flexibility index (Phi) is 5.23. The molecule has 2 aliphatic rings. The third kappa shape index (κ3) is 3.83. The van der Waals surface area contributed by atoms with Gasteiger partial charge in [-0.15, -0.1) is 0 Å². The zero-order valence-electron chi connectivity index (χ0n) is 15.6. The third-order valence-corrected chi connectivity index (χ3v) is 4.92. The Bertz CT molecular complexity index is 891. The van der Waals surface area contributed by atoms with Crippen LogP contribution in [-0.2, 0) is 9.59 Å². The van der Waals surface area contributed by atoms with Crippen molar-refractivity contribution in [1.29, 1.82) is 0 Å². The largest absolute Gasteiger partial charge is 0.370 e. The van der Waals surface area contributed by atoms with Crippen LogP contribution in [0.5, 0.6) is 0 Å². The first-order chi connectivity index (χ1) is 13.7. The van der Waals surface area contributed by atoms with E-state index in [4.69, 9.17) is 0 Å². The maximum atomic E-state index is 12.8. The maximum absolute atomic E-state index is 12.8. The molecule has 2 N–H and O–H groups in total. The summed E-state index contributed by atoms with van der Waals surface area (Å²) in [5.74, 6) is -0.453. The number of piperidine rings is 1. The van der Waals surface area contributed by atoms with Gasteiger partial charge in [0.2, 0.25) is 5.84 Å². The molecule has 2 amide bonds. The van der Waals surface area contributed by atoms with Crippen molar-refractivity contribution < 1.29 is 9.59 Å². The van der Waals surface area contributed by atoms with E-state index in [1.165, 1.54) is 11.4 Å². The molecule has 2 heterocycles. The summed E-state index contributed by atoms with van der Waals surface area (Å²) >= 11 is 0. The monoisotopic (exact) mass is 377 g/mol. The highest BCUT2D eigenvalue weighted by Crippen LogP contribution is 2.28. The van der Waals surface area contributed by atoms with Gasteiger partial charge in [0.25, 0.3) is 11.8 Å². The maximum Gasteiger partial charge on any atom is 0.292 e. The van der Waals surface area contributed by atoms with E-state index in [2.05, 4.69) is 20.6 Å². The zero-order chi connectivity index (χ0) is 19.3. The van der Waals surface area contributed by atoms with Crippen LogP contribution in [0.3, 0.4) is 0 Å². The molecule has 4 rings (SSSR count). The van der Waals surface area contributed by atoms with Crippen LogP contribution < -0.4 is 20.7 Å². The van der Waals surface area contributed by atoms with Crippen molar-refractivity contribution in [2.24, 2.45) is 4.99 Å². The molecule has 2 aliphatic heterocycles. The highest BCUT2D eigenvalue weighted by atomic mass is 16.2. The number of nitrogens with zero attached hydrogens (tertiary/aromatic N) is 3. The number of hydrogen-bond donors (Lipinski definition) is 2. The third-order valence-electron chi connectivity index (χ3n) is 4.92. The molecule has 1 saturated heterocycles. The summed E-state index contributed by atoms with van der Waals surface area (Å²) in [5.41, 5.74) is 5.28. The molecule has 0 aromatic heterocycles. The van der Waals surface area contributed by atoms with Crippen LogP contribution in [0.15, 0.2) is 59.6 Å². The minimum atomic E-state index is -0.363. The minimum absolute atomic E-state index is 0.0710. The molecular formula is C21H23N5O2. The van der Waals surface area contributed by atoms with E-state index in [9.17, 15) is 9.59 Å². The van der Waals surface area contributed by atoms with Crippen LogP contribution in [0.1, 0.15) is 19.3 Å². The number of amidine groups is 1.